The Morgan fingerprint density at radius 2 is 2.00 bits per heavy atom. The molecule has 4 aliphatic heterocycles. The van der Waals surface area contributed by atoms with Crippen molar-refractivity contribution in [1.82, 2.24) is 14.9 Å². The number of sulfone groups is 1. The maximum absolute atomic E-state index is 12.5. The lowest BCUT2D eigenvalue weighted by Crippen LogP contribution is -2.84. The third kappa shape index (κ3) is 2.66. The predicted molar refractivity (Wildman–Crippen MR) is 105 cm³/mol. The highest BCUT2D eigenvalue weighted by molar-refractivity contribution is 7.92. The van der Waals surface area contributed by atoms with Crippen molar-refractivity contribution in [1.29, 1.82) is 0 Å². The zero-order chi connectivity index (χ0) is 19.7. The molecule has 154 valence electrons. The lowest BCUT2D eigenvalue weighted by molar-refractivity contribution is -0.174. The van der Waals surface area contributed by atoms with Crippen LogP contribution in [0.3, 0.4) is 0 Å². The van der Waals surface area contributed by atoms with Crippen molar-refractivity contribution in [3.8, 4) is 5.88 Å². The van der Waals surface area contributed by atoms with E-state index in [0.29, 0.717) is 42.3 Å². The number of nitrogens with zero attached hydrogens (tertiary/aromatic N) is 4. The van der Waals surface area contributed by atoms with E-state index in [-0.39, 0.29) is 17.9 Å². The summed E-state index contributed by atoms with van der Waals surface area (Å²) in [6.45, 7) is 2.88. The van der Waals surface area contributed by atoms with Crippen LogP contribution < -0.4 is 9.64 Å². The zero-order valence-corrected chi connectivity index (χ0v) is 17.6. The average Bonchev–Trinajstić information content (AvgIpc) is 2.58. The molecular weight excluding hydrogens is 404 g/mol. The van der Waals surface area contributed by atoms with E-state index in [1.54, 1.807) is 13.0 Å². The summed E-state index contributed by atoms with van der Waals surface area (Å²) in [5.41, 5.74) is 0. The van der Waals surface area contributed by atoms with Crippen molar-refractivity contribution in [2.24, 2.45) is 0 Å². The Balaban J connectivity index is 1.30. The van der Waals surface area contributed by atoms with Gasteiger partial charge in [-0.15, -0.1) is 0 Å². The molecule has 4 aliphatic rings. The lowest BCUT2D eigenvalue weighted by atomic mass is 9.67. The molecule has 10 heteroatoms. The third-order valence-corrected chi connectivity index (χ3v) is 9.49. The monoisotopic (exact) mass is 428 g/mol. The molecule has 4 atom stereocenters. The molecule has 0 bridgehead atoms. The largest absolute Gasteiger partial charge is 0.469 e. The second-order valence-electron chi connectivity index (χ2n) is 8.32. The summed E-state index contributed by atoms with van der Waals surface area (Å²) in [4.78, 5) is 12.7. The lowest BCUT2D eigenvalue weighted by Gasteiger charge is -2.72. The van der Waals surface area contributed by atoms with Gasteiger partial charge in [-0.05, 0) is 25.7 Å². The van der Waals surface area contributed by atoms with Crippen molar-refractivity contribution < 1.29 is 17.9 Å². The molecule has 4 fully saturated rings. The van der Waals surface area contributed by atoms with Crippen molar-refractivity contribution >= 4 is 27.4 Å². The molecule has 0 amide bonds. The van der Waals surface area contributed by atoms with Crippen LogP contribution in [0.1, 0.15) is 32.6 Å². The molecule has 1 aromatic heterocycles. The highest BCUT2D eigenvalue weighted by Gasteiger charge is 2.71. The minimum atomic E-state index is -3.03. The van der Waals surface area contributed by atoms with Gasteiger partial charge in [0.1, 0.15) is 16.1 Å². The van der Waals surface area contributed by atoms with Crippen LogP contribution in [-0.4, -0.2) is 78.4 Å². The molecule has 5 heterocycles. The van der Waals surface area contributed by atoms with Crippen molar-refractivity contribution in [2.45, 2.75) is 61.7 Å². The van der Waals surface area contributed by atoms with Crippen molar-refractivity contribution in [2.75, 3.05) is 30.9 Å². The SMILES string of the molecule is CCS(=O)(=O)C12C[C@H]3C[C@H](N(C)c4nc(Cl)cc(OC5COC5)n4)C[C@@H](C1)N32. The first-order valence-corrected chi connectivity index (χ1v) is 11.9. The Kier molecular flexibility index (Phi) is 4.32. The number of halogens is 1. The van der Waals surface area contributed by atoms with E-state index in [1.807, 2.05) is 7.05 Å². The summed E-state index contributed by atoms with van der Waals surface area (Å²) in [6, 6.07) is 2.53. The van der Waals surface area contributed by atoms with Gasteiger partial charge in [-0.1, -0.05) is 18.5 Å². The number of aromatic nitrogens is 2. The smallest absolute Gasteiger partial charge is 0.230 e. The molecule has 0 aliphatic carbocycles. The first-order chi connectivity index (χ1) is 13.3. The highest BCUT2D eigenvalue weighted by Crippen LogP contribution is 2.59. The van der Waals surface area contributed by atoms with Gasteiger partial charge in [0, 0.05) is 37.0 Å². The van der Waals surface area contributed by atoms with Gasteiger partial charge in [-0.2, -0.15) is 4.98 Å². The van der Waals surface area contributed by atoms with Crippen LogP contribution in [0.5, 0.6) is 5.88 Å². The van der Waals surface area contributed by atoms with Gasteiger partial charge >= 0.3 is 0 Å². The average molecular weight is 429 g/mol. The summed E-state index contributed by atoms with van der Waals surface area (Å²) in [7, 11) is -1.05. The summed E-state index contributed by atoms with van der Waals surface area (Å²) < 4.78 is 36.0. The molecule has 1 aromatic rings. The number of hydrogen-bond donors (Lipinski definition) is 0. The van der Waals surface area contributed by atoms with Crippen molar-refractivity contribution in [3.63, 3.8) is 0 Å². The summed E-state index contributed by atoms with van der Waals surface area (Å²) in [5, 5.41) is 0.352. The van der Waals surface area contributed by atoms with Crippen LogP contribution in [0.15, 0.2) is 6.07 Å². The molecule has 4 saturated heterocycles. The first kappa shape index (κ1) is 18.8. The minimum Gasteiger partial charge on any atom is -0.469 e. The normalized spacial score (nSPS) is 34.6. The van der Waals surface area contributed by atoms with Crippen LogP contribution in [-0.2, 0) is 14.6 Å². The molecule has 0 radical (unpaired) electrons. The van der Waals surface area contributed by atoms with E-state index in [1.165, 1.54) is 0 Å². The van der Waals surface area contributed by atoms with Gasteiger partial charge in [0.2, 0.25) is 11.8 Å². The van der Waals surface area contributed by atoms with E-state index in [9.17, 15) is 8.42 Å². The zero-order valence-electron chi connectivity index (χ0n) is 16.0. The van der Waals surface area contributed by atoms with E-state index >= 15 is 0 Å². The quantitative estimate of drug-likeness (QED) is 0.630. The van der Waals surface area contributed by atoms with Gasteiger partial charge in [0.05, 0.1) is 13.2 Å². The van der Waals surface area contributed by atoms with E-state index in [0.717, 1.165) is 25.7 Å². The van der Waals surface area contributed by atoms with Gasteiger partial charge in [0.15, 0.2) is 9.84 Å². The second-order valence-corrected chi connectivity index (χ2v) is 11.3. The van der Waals surface area contributed by atoms with Gasteiger partial charge in [-0.3, -0.25) is 4.90 Å². The Morgan fingerprint density at radius 1 is 1.32 bits per heavy atom. The number of piperidine rings is 2. The maximum Gasteiger partial charge on any atom is 0.230 e. The second kappa shape index (κ2) is 6.42. The number of hydrogen-bond acceptors (Lipinski definition) is 8. The van der Waals surface area contributed by atoms with Crippen LogP contribution in [0, 0.1) is 0 Å². The van der Waals surface area contributed by atoms with E-state index in [4.69, 9.17) is 21.1 Å². The fourth-order valence-corrected chi connectivity index (χ4v) is 7.52. The number of rotatable bonds is 6. The third-order valence-electron chi connectivity index (χ3n) is 6.83. The standard InChI is InChI=1S/C18H25ClN4O4S/c1-3-28(24,25)18-7-12-4-11(5-13(8-18)23(12)18)22(2)17-20-15(19)6-16(21-17)27-14-9-26-10-14/h6,11-14H,3-5,7-10H2,1-2H3/t11-,12+,13-,18?. The molecule has 1 unspecified atom stereocenters. The highest BCUT2D eigenvalue weighted by atomic mass is 35.5. The van der Waals surface area contributed by atoms with E-state index in [2.05, 4.69) is 19.8 Å². The molecule has 5 rings (SSSR count). The molecule has 0 spiro atoms. The van der Waals surface area contributed by atoms with Gasteiger partial charge in [0.25, 0.3) is 0 Å². The fraction of sp³-hybridized carbons (Fsp3) is 0.778. The van der Waals surface area contributed by atoms with Crippen LogP contribution >= 0.6 is 11.6 Å². The van der Waals surface area contributed by atoms with Gasteiger partial charge < -0.3 is 14.4 Å². The van der Waals surface area contributed by atoms with Crippen LogP contribution in [0.4, 0.5) is 5.95 Å². The predicted octanol–water partition coefficient (Wildman–Crippen LogP) is 1.48. The first-order valence-electron chi connectivity index (χ1n) is 9.85. The molecule has 0 aromatic carbocycles. The summed E-state index contributed by atoms with van der Waals surface area (Å²) in [5.74, 6) is 1.23. The Labute approximate surface area is 170 Å². The fourth-order valence-electron chi connectivity index (χ4n) is 5.30. The van der Waals surface area contributed by atoms with Crippen LogP contribution in [0.25, 0.3) is 0 Å². The molecular formula is C18H25ClN4O4S. The van der Waals surface area contributed by atoms with E-state index < -0.39 is 14.7 Å². The Bertz CT molecular complexity index is 878. The topological polar surface area (TPSA) is 84.9 Å². The van der Waals surface area contributed by atoms with Crippen LogP contribution in [0.2, 0.25) is 5.15 Å². The number of anilines is 1. The molecule has 8 nitrogen and oxygen atoms in total. The molecule has 0 saturated carbocycles. The van der Waals surface area contributed by atoms with Crippen molar-refractivity contribution in [3.05, 3.63) is 11.2 Å². The maximum atomic E-state index is 12.5. The Morgan fingerprint density at radius 3 is 2.57 bits per heavy atom. The minimum absolute atomic E-state index is 0.0194. The summed E-state index contributed by atoms with van der Waals surface area (Å²) in [6.07, 6.45) is 3.34. The molecule has 28 heavy (non-hydrogen) atoms. The molecule has 0 N–H and O–H groups in total. The number of ether oxygens (including phenoxy) is 2. The van der Waals surface area contributed by atoms with Gasteiger partial charge in [-0.25, -0.2) is 13.4 Å². The summed E-state index contributed by atoms with van der Waals surface area (Å²) >= 11 is 6.20. The Hall–Kier alpha value is -1.16.